The van der Waals surface area contributed by atoms with Crippen LogP contribution in [0.1, 0.15) is 12.0 Å². The number of carbonyl (C=O) groups excluding carboxylic acids is 1. The molecule has 1 heterocycles. The highest BCUT2D eigenvalue weighted by Gasteiger charge is 2.36. The summed E-state index contributed by atoms with van der Waals surface area (Å²) < 4.78 is 17.9. The molecule has 1 aliphatic rings. The lowest BCUT2D eigenvalue weighted by atomic mass is 9.81. The molecule has 0 unspecified atom stereocenters. The van der Waals surface area contributed by atoms with Crippen molar-refractivity contribution in [2.24, 2.45) is 0 Å². The van der Waals surface area contributed by atoms with Crippen molar-refractivity contribution in [3.05, 3.63) is 35.6 Å². The van der Waals surface area contributed by atoms with Crippen molar-refractivity contribution >= 4 is 6.29 Å². The van der Waals surface area contributed by atoms with Crippen LogP contribution in [0.25, 0.3) is 0 Å². The number of carbonyl (C=O) groups is 1. The first-order valence-corrected chi connectivity index (χ1v) is 4.57. The summed E-state index contributed by atoms with van der Waals surface area (Å²) in [5.41, 5.74) is 0.291. The van der Waals surface area contributed by atoms with Crippen LogP contribution >= 0.6 is 0 Å². The van der Waals surface area contributed by atoms with Gasteiger partial charge < -0.3 is 9.53 Å². The molecule has 1 atom stereocenters. The molecule has 0 saturated carbocycles. The van der Waals surface area contributed by atoms with E-state index in [9.17, 15) is 9.18 Å². The first kappa shape index (κ1) is 9.34. The topological polar surface area (TPSA) is 26.3 Å². The molecular formula is C11H11FO2. The standard InChI is InChI=1S/C11H11FO2/c12-10-3-1-9(2-4-10)11(7-13)5-6-14-8-11/h1-4,7H,5-6,8H2/t11-/m0/s1. The Morgan fingerprint density at radius 3 is 2.57 bits per heavy atom. The van der Waals surface area contributed by atoms with Gasteiger partial charge in [0.05, 0.1) is 12.0 Å². The zero-order valence-electron chi connectivity index (χ0n) is 7.70. The average Bonchev–Trinajstić information content (AvgIpc) is 2.68. The molecule has 1 fully saturated rings. The van der Waals surface area contributed by atoms with Gasteiger partial charge in [0.2, 0.25) is 0 Å². The minimum atomic E-state index is -0.548. The van der Waals surface area contributed by atoms with Gasteiger partial charge in [0.15, 0.2) is 0 Å². The highest BCUT2D eigenvalue weighted by molar-refractivity contribution is 5.69. The van der Waals surface area contributed by atoms with Crippen LogP contribution in [0.2, 0.25) is 0 Å². The first-order valence-electron chi connectivity index (χ1n) is 4.57. The van der Waals surface area contributed by atoms with E-state index in [4.69, 9.17) is 4.74 Å². The number of hydrogen-bond acceptors (Lipinski definition) is 2. The van der Waals surface area contributed by atoms with Gasteiger partial charge in [-0.25, -0.2) is 4.39 Å². The third-order valence-electron chi connectivity index (χ3n) is 2.70. The molecule has 14 heavy (non-hydrogen) atoms. The Kier molecular flexibility index (Phi) is 2.33. The summed E-state index contributed by atoms with van der Waals surface area (Å²) in [6.07, 6.45) is 1.59. The van der Waals surface area contributed by atoms with Crippen molar-refractivity contribution in [2.75, 3.05) is 13.2 Å². The Bertz CT molecular complexity index is 326. The van der Waals surface area contributed by atoms with Crippen LogP contribution in [-0.2, 0) is 14.9 Å². The summed E-state index contributed by atoms with van der Waals surface area (Å²) in [5, 5.41) is 0. The molecule has 0 bridgehead atoms. The Labute approximate surface area is 81.7 Å². The molecule has 0 N–H and O–H groups in total. The Morgan fingerprint density at radius 2 is 2.07 bits per heavy atom. The second-order valence-corrected chi connectivity index (χ2v) is 3.58. The molecule has 0 amide bonds. The summed E-state index contributed by atoms with van der Waals surface area (Å²) in [5.74, 6) is -0.284. The number of benzene rings is 1. The number of ether oxygens (including phenoxy) is 1. The molecule has 0 aromatic heterocycles. The van der Waals surface area contributed by atoms with E-state index in [1.807, 2.05) is 0 Å². The Morgan fingerprint density at radius 1 is 1.36 bits per heavy atom. The van der Waals surface area contributed by atoms with E-state index >= 15 is 0 Å². The Hall–Kier alpha value is -1.22. The highest BCUT2D eigenvalue weighted by Crippen LogP contribution is 2.31. The molecule has 0 spiro atoms. The van der Waals surface area contributed by atoms with Crippen molar-refractivity contribution < 1.29 is 13.9 Å². The SMILES string of the molecule is O=C[C@@]1(c2ccc(F)cc2)CCOC1. The van der Waals surface area contributed by atoms with Gasteiger partial charge in [-0.05, 0) is 24.1 Å². The molecule has 0 aliphatic carbocycles. The predicted octanol–water partition coefficient (Wildman–Crippen LogP) is 1.68. The fourth-order valence-corrected chi connectivity index (χ4v) is 1.75. The summed E-state index contributed by atoms with van der Waals surface area (Å²) in [7, 11) is 0. The fourth-order valence-electron chi connectivity index (χ4n) is 1.75. The predicted molar refractivity (Wildman–Crippen MR) is 49.6 cm³/mol. The zero-order valence-corrected chi connectivity index (χ0v) is 7.70. The Balaban J connectivity index is 2.36. The molecular weight excluding hydrogens is 183 g/mol. The van der Waals surface area contributed by atoms with Gasteiger partial charge in [0, 0.05) is 6.61 Å². The van der Waals surface area contributed by atoms with Gasteiger partial charge in [-0.3, -0.25) is 0 Å². The molecule has 0 radical (unpaired) electrons. The molecule has 1 aromatic rings. The van der Waals surface area contributed by atoms with Gasteiger partial charge in [-0.1, -0.05) is 12.1 Å². The monoisotopic (exact) mass is 194 g/mol. The normalized spacial score (nSPS) is 26.4. The molecule has 2 rings (SSSR count). The lowest BCUT2D eigenvalue weighted by Crippen LogP contribution is -2.28. The van der Waals surface area contributed by atoms with Gasteiger partial charge >= 0.3 is 0 Å². The minimum absolute atomic E-state index is 0.284. The average molecular weight is 194 g/mol. The van der Waals surface area contributed by atoms with Crippen LogP contribution in [0.3, 0.4) is 0 Å². The summed E-state index contributed by atoms with van der Waals surface area (Å²) in [4.78, 5) is 11.0. The molecule has 1 aromatic carbocycles. The van der Waals surface area contributed by atoms with Crippen LogP contribution in [0.5, 0.6) is 0 Å². The van der Waals surface area contributed by atoms with E-state index in [0.29, 0.717) is 19.6 Å². The second-order valence-electron chi connectivity index (χ2n) is 3.58. The lowest BCUT2D eigenvalue weighted by molar-refractivity contribution is -0.112. The minimum Gasteiger partial charge on any atom is -0.380 e. The van der Waals surface area contributed by atoms with E-state index in [2.05, 4.69) is 0 Å². The number of hydrogen-bond donors (Lipinski definition) is 0. The maximum Gasteiger partial charge on any atom is 0.132 e. The van der Waals surface area contributed by atoms with Crippen LogP contribution in [0.4, 0.5) is 4.39 Å². The number of halogens is 1. The van der Waals surface area contributed by atoms with Gasteiger partial charge in [-0.2, -0.15) is 0 Å². The summed E-state index contributed by atoms with van der Waals surface area (Å²) in [6, 6.07) is 6.05. The van der Waals surface area contributed by atoms with Crippen molar-refractivity contribution in [3.63, 3.8) is 0 Å². The lowest BCUT2D eigenvalue weighted by Gasteiger charge is -2.20. The summed E-state index contributed by atoms with van der Waals surface area (Å²) in [6.45, 7) is 0.998. The first-order chi connectivity index (χ1) is 6.77. The summed E-state index contributed by atoms with van der Waals surface area (Å²) >= 11 is 0. The van der Waals surface area contributed by atoms with Crippen molar-refractivity contribution in [1.29, 1.82) is 0 Å². The van der Waals surface area contributed by atoms with Crippen LogP contribution in [0.15, 0.2) is 24.3 Å². The molecule has 74 valence electrons. The van der Waals surface area contributed by atoms with E-state index in [-0.39, 0.29) is 5.82 Å². The maximum absolute atomic E-state index is 12.7. The van der Waals surface area contributed by atoms with E-state index in [1.54, 1.807) is 12.1 Å². The van der Waals surface area contributed by atoms with E-state index in [1.165, 1.54) is 12.1 Å². The quantitative estimate of drug-likeness (QED) is 0.669. The van der Waals surface area contributed by atoms with Crippen LogP contribution in [-0.4, -0.2) is 19.5 Å². The van der Waals surface area contributed by atoms with Gasteiger partial charge in [0.1, 0.15) is 12.1 Å². The number of aldehydes is 1. The third-order valence-corrected chi connectivity index (χ3v) is 2.70. The van der Waals surface area contributed by atoms with Gasteiger partial charge in [-0.15, -0.1) is 0 Å². The molecule has 1 saturated heterocycles. The smallest absolute Gasteiger partial charge is 0.132 e. The van der Waals surface area contributed by atoms with E-state index < -0.39 is 5.41 Å². The van der Waals surface area contributed by atoms with Crippen molar-refractivity contribution in [1.82, 2.24) is 0 Å². The molecule has 3 heteroatoms. The third kappa shape index (κ3) is 1.44. The van der Waals surface area contributed by atoms with Crippen molar-refractivity contribution in [2.45, 2.75) is 11.8 Å². The fraction of sp³-hybridized carbons (Fsp3) is 0.364. The molecule has 1 aliphatic heterocycles. The van der Waals surface area contributed by atoms with E-state index in [0.717, 1.165) is 11.8 Å². The van der Waals surface area contributed by atoms with Gasteiger partial charge in [0.25, 0.3) is 0 Å². The highest BCUT2D eigenvalue weighted by atomic mass is 19.1. The second kappa shape index (κ2) is 3.50. The van der Waals surface area contributed by atoms with Crippen molar-refractivity contribution in [3.8, 4) is 0 Å². The van der Waals surface area contributed by atoms with Crippen LogP contribution in [0, 0.1) is 5.82 Å². The largest absolute Gasteiger partial charge is 0.380 e. The van der Waals surface area contributed by atoms with Crippen LogP contribution < -0.4 is 0 Å². The maximum atomic E-state index is 12.7. The zero-order chi connectivity index (χ0) is 10.0. The molecule has 2 nitrogen and oxygen atoms in total. The number of rotatable bonds is 2.